The molecule has 1 fully saturated rings. The van der Waals surface area contributed by atoms with Gasteiger partial charge in [-0.2, -0.15) is 0 Å². The third-order valence-corrected chi connectivity index (χ3v) is 3.77. The number of hydrogen-bond donors (Lipinski definition) is 2. The molecule has 2 N–H and O–H groups in total. The van der Waals surface area contributed by atoms with Crippen LogP contribution in [0.25, 0.3) is 0 Å². The lowest BCUT2D eigenvalue weighted by atomic mass is 10.1. The van der Waals surface area contributed by atoms with Crippen LogP contribution in [-0.2, 0) is 0 Å². The number of fused-ring (bicyclic) bond motifs is 2. The fourth-order valence-electron chi connectivity index (χ4n) is 2.50. The van der Waals surface area contributed by atoms with E-state index in [1.165, 1.54) is 0 Å². The van der Waals surface area contributed by atoms with Crippen molar-refractivity contribution in [2.45, 2.75) is 18.9 Å². The molecule has 0 amide bonds. The van der Waals surface area contributed by atoms with Crippen molar-refractivity contribution < 1.29 is 5.21 Å². The Morgan fingerprint density at radius 2 is 2.24 bits per heavy atom. The summed E-state index contributed by atoms with van der Waals surface area (Å²) in [5.41, 5.74) is 4.02. The van der Waals surface area contributed by atoms with E-state index in [0.717, 1.165) is 35.6 Å². The van der Waals surface area contributed by atoms with Crippen molar-refractivity contribution in [1.82, 2.24) is 10.4 Å². The second-order valence-electron chi connectivity index (χ2n) is 4.28. The van der Waals surface area contributed by atoms with Gasteiger partial charge in [-0.05, 0) is 25.0 Å². The highest BCUT2D eigenvalue weighted by atomic mass is 32.1. The van der Waals surface area contributed by atoms with Crippen molar-refractivity contribution in [2.24, 2.45) is 4.99 Å². The van der Waals surface area contributed by atoms with Gasteiger partial charge in [-0.3, -0.25) is 10.7 Å². The fraction of sp³-hybridized carbons (Fsp3) is 0.333. The Morgan fingerprint density at radius 3 is 3.06 bits per heavy atom. The van der Waals surface area contributed by atoms with Gasteiger partial charge in [0.1, 0.15) is 10.8 Å². The van der Waals surface area contributed by atoms with Crippen LogP contribution in [0.1, 0.15) is 18.4 Å². The molecule has 4 nitrogen and oxygen atoms in total. The molecule has 1 saturated heterocycles. The molecule has 0 aliphatic carbocycles. The maximum Gasteiger partial charge on any atom is 0.149 e. The number of rotatable bonds is 0. The zero-order valence-corrected chi connectivity index (χ0v) is 10.1. The van der Waals surface area contributed by atoms with Gasteiger partial charge in [0, 0.05) is 12.1 Å². The van der Waals surface area contributed by atoms with Crippen LogP contribution < -0.4 is 5.48 Å². The van der Waals surface area contributed by atoms with Crippen LogP contribution in [0.3, 0.4) is 0 Å². The largest absolute Gasteiger partial charge is 0.352 e. The van der Waals surface area contributed by atoms with Crippen molar-refractivity contribution in [3.8, 4) is 0 Å². The summed E-state index contributed by atoms with van der Waals surface area (Å²) in [5.74, 6) is 0.592. The summed E-state index contributed by atoms with van der Waals surface area (Å²) < 4.78 is 0. The molecule has 1 aromatic rings. The molecule has 0 spiro atoms. The number of benzene rings is 1. The number of hydrogen-bond acceptors (Lipinski definition) is 4. The Bertz CT molecular complexity index is 500. The molecule has 0 unspecified atom stereocenters. The summed E-state index contributed by atoms with van der Waals surface area (Å²) in [6.07, 6.45) is 2.05. The van der Waals surface area contributed by atoms with E-state index in [-0.39, 0.29) is 6.04 Å². The lowest BCUT2D eigenvalue weighted by Crippen LogP contribution is -2.43. The second-order valence-corrected chi connectivity index (χ2v) is 4.67. The number of aliphatic imine (C=N–C) groups is 1. The summed E-state index contributed by atoms with van der Waals surface area (Å²) in [6.45, 7) is 0.929. The molecule has 2 heterocycles. The average Bonchev–Trinajstić information content (AvgIpc) is 2.81. The Balaban J connectivity index is 2.15. The maximum atomic E-state index is 9.22. The van der Waals surface area contributed by atoms with Gasteiger partial charge in [0.05, 0.1) is 11.7 Å². The molecule has 1 atom stereocenters. The smallest absolute Gasteiger partial charge is 0.149 e. The van der Waals surface area contributed by atoms with Gasteiger partial charge in [0.2, 0.25) is 0 Å². The number of nitrogens with zero attached hydrogens (tertiary/aromatic N) is 2. The Kier molecular flexibility index (Phi) is 2.57. The summed E-state index contributed by atoms with van der Waals surface area (Å²) in [7, 11) is 0. The monoisotopic (exact) mass is 247 g/mol. The first-order valence-corrected chi connectivity index (χ1v) is 6.11. The molecule has 0 radical (unpaired) electrons. The molecule has 5 heteroatoms. The van der Waals surface area contributed by atoms with Gasteiger partial charge < -0.3 is 4.90 Å². The molecule has 0 bridgehead atoms. The number of para-hydroxylation sites is 1. The van der Waals surface area contributed by atoms with Gasteiger partial charge in [-0.25, -0.2) is 4.99 Å². The lowest BCUT2D eigenvalue weighted by molar-refractivity contribution is 0.225. The minimum Gasteiger partial charge on any atom is -0.352 e. The topological polar surface area (TPSA) is 47.9 Å². The molecule has 2 aliphatic heterocycles. The van der Waals surface area contributed by atoms with E-state index in [1.807, 2.05) is 24.3 Å². The standard InChI is InChI=1S/C12H13N3OS/c16-14-11-10-6-3-7-15(10)12(17)8-4-1-2-5-9(8)13-11/h1-2,4-5,10,16H,3,6-7H2,(H,13,14)/t10-/m0/s1. The molecule has 88 valence electrons. The average molecular weight is 247 g/mol. The molecule has 1 aromatic carbocycles. The van der Waals surface area contributed by atoms with Crippen LogP contribution in [0.4, 0.5) is 5.69 Å². The van der Waals surface area contributed by atoms with Gasteiger partial charge in [0.25, 0.3) is 0 Å². The van der Waals surface area contributed by atoms with Crippen LogP contribution in [-0.4, -0.2) is 33.5 Å². The van der Waals surface area contributed by atoms with E-state index in [9.17, 15) is 5.21 Å². The van der Waals surface area contributed by atoms with Gasteiger partial charge in [-0.1, -0.05) is 24.4 Å². The van der Waals surface area contributed by atoms with Gasteiger partial charge >= 0.3 is 0 Å². The highest BCUT2D eigenvalue weighted by Gasteiger charge is 2.34. The number of hydroxylamine groups is 1. The number of thiocarbonyl (C=S) groups is 1. The van der Waals surface area contributed by atoms with Crippen molar-refractivity contribution in [2.75, 3.05) is 6.54 Å². The fourth-order valence-corrected chi connectivity index (χ4v) is 2.90. The zero-order valence-electron chi connectivity index (χ0n) is 9.26. The van der Waals surface area contributed by atoms with Crippen LogP contribution in [0, 0.1) is 0 Å². The third kappa shape index (κ3) is 1.62. The Labute approximate surface area is 105 Å². The van der Waals surface area contributed by atoms with Crippen molar-refractivity contribution in [3.63, 3.8) is 0 Å². The van der Waals surface area contributed by atoms with Crippen molar-refractivity contribution in [1.29, 1.82) is 0 Å². The third-order valence-electron chi connectivity index (χ3n) is 3.32. The van der Waals surface area contributed by atoms with E-state index in [2.05, 4.69) is 15.4 Å². The minimum atomic E-state index is 0.0832. The van der Waals surface area contributed by atoms with Crippen LogP contribution >= 0.6 is 12.2 Å². The SMILES string of the molecule is ONC1=Nc2ccccc2C(=S)N2CCC[C@@H]12. The number of amidine groups is 1. The second kappa shape index (κ2) is 4.09. The Hall–Kier alpha value is -1.46. The van der Waals surface area contributed by atoms with Gasteiger partial charge in [0.15, 0.2) is 0 Å². The molecular weight excluding hydrogens is 234 g/mol. The van der Waals surface area contributed by atoms with E-state index in [0.29, 0.717) is 5.84 Å². The minimum absolute atomic E-state index is 0.0832. The highest BCUT2D eigenvalue weighted by Crippen LogP contribution is 2.30. The summed E-state index contributed by atoms with van der Waals surface area (Å²) in [6, 6.07) is 7.87. The summed E-state index contributed by atoms with van der Waals surface area (Å²) in [5, 5.41) is 9.22. The first kappa shape index (κ1) is 10.7. The predicted octanol–water partition coefficient (Wildman–Crippen LogP) is 1.85. The molecule has 0 saturated carbocycles. The van der Waals surface area contributed by atoms with E-state index in [4.69, 9.17) is 12.2 Å². The summed E-state index contributed by atoms with van der Waals surface area (Å²) >= 11 is 5.53. The van der Waals surface area contributed by atoms with E-state index in [1.54, 1.807) is 0 Å². The highest BCUT2D eigenvalue weighted by molar-refractivity contribution is 7.80. The quantitative estimate of drug-likeness (QED) is 0.542. The zero-order chi connectivity index (χ0) is 11.8. The van der Waals surface area contributed by atoms with E-state index >= 15 is 0 Å². The Morgan fingerprint density at radius 1 is 1.41 bits per heavy atom. The van der Waals surface area contributed by atoms with Crippen LogP contribution in [0.2, 0.25) is 0 Å². The molecule has 0 aromatic heterocycles. The van der Waals surface area contributed by atoms with E-state index < -0.39 is 0 Å². The van der Waals surface area contributed by atoms with Crippen LogP contribution in [0.5, 0.6) is 0 Å². The number of nitrogens with one attached hydrogen (secondary N) is 1. The molecular formula is C12H13N3OS. The summed E-state index contributed by atoms with van der Waals surface area (Å²) in [4.78, 5) is 7.45. The van der Waals surface area contributed by atoms with Crippen LogP contribution in [0.15, 0.2) is 29.3 Å². The molecule has 2 aliphatic rings. The van der Waals surface area contributed by atoms with Crippen molar-refractivity contribution in [3.05, 3.63) is 29.8 Å². The van der Waals surface area contributed by atoms with Crippen molar-refractivity contribution >= 4 is 28.7 Å². The first-order chi connectivity index (χ1) is 8.31. The molecule has 17 heavy (non-hydrogen) atoms. The molecule has 3 rings (SSSR count). The maximum absolute atomic E-state index is 9.22. The van der Waals surface area contributed by atoms with Gasteiger partial charge in [-0.15, -0.1) is 0 Å². The first-order valence-electron chi connectivity index (χ1n) is 5.70. The lowest BCUT2D eigenvalue weighted by Gasteiger charge is -2.25. The predicted molar refractivity (Wildman–Crippen MR) is 69.9 cm³/mol. The normalized spacial score (nSPS) is 22.6.